The standard InChI is InChI=1S/C42H50N10O5/c1-3-26(15-27-6-9-33-36(16-27)57-47-39(33)34-10-11-38(54)46-41(34)55)19-49-22-32(23-49)51-20-28-7-8-30(17-29(28)21-51)44-40-35(25-53)43-18-37(45-40)50-12-4-5-31(24-50)52-14-13-48(2)42(52)56/h6-9,16-18,25-26,31-32,34H,3-5,10-15,19-24H2,1-2H3,(H,44,45)(H,46,54,55). The van der Waals surface area contributed by atoms with Gasteiger partial charge in [0.05, 0.1) is 18.2 Å². The topological polar surface area (TPSA) is 160 Å². The molecule has 4 aromatic rings. The maximum Gasteiger partial charge on any atom is 0.320 e. The molecule has 2 aromatic heterocycles. The third kappa shape index (κ3) is 7.45. The lowest BCUT2D eigenvalue weighted by Gasteiger charge is -2.45. The van der Waals surface area contributed by atoms with Crippen LogP contribution in [0.4, 0.5) is 22.1 Å². The molecule has 2 N–H and O–H groups in total. The zero-order chi connectivity index (χ0) is 39.2. The number of nitrogens with zero attached hydrogens (tertiary/aromatic N) is 8. The average molecular weight is 775 g/mol. The Balaban J connectivity index is 0.783. The second-order valence-corrected chi connectivity index (χ2v) is 16.5. The summed E-state index contributed by atoms with van der Waals surface area (Å²) in [5.41, 5.74) is 6.23. The zero-order valence-corrected chi connectivity index (χ0v) is 32.7. The second kappa shape index (κ2) is 15.5. The minimum atomic E-state index is -0.467. The fourth-order valence-electron chi connectivity index (χ4n) is 9.33. The van der Waals surface area contributed by atoms with Crippen molar-refractivity contribution in [2.75, 3.05) is 63.1 Å². The van der Waals surface area contributed by atoms with Gasteiger partial charge in [-0.05, 0) is 72.6 Å². The van der Waals surface area contributed by atoms with Crippen molar-refractivity contribution in [3.8, 4) is 0 Å². The van der Waals surface area contributed by atoms with Gasteiger partial charge in [-0.2, -0.15) is 0 Å². The third-order valence-electron chi connectivity index (χ3n) is 12.7. The lowest BCUT2D eigenvalue weighted by molar-refractivity contribution is -0.134. The lowest BCUT2D eigenvalue weighted by atomic mass is 9.91. The Labute approximate surface area is 331 Å². The number of benzene rings is 2. The summed E-state index contributed by atoms with van der Waals surface area (Å²) >= 11 is 0. The van der Waals surface area contributed by atoms with Crippen LogP contribution >= 0.6 is 0 Å². The van der Waals surface area contributed by atoms with Gasteiger partial charge in [0.1, 0.15) is 17.2 Å². The molecule has 4 saturated heterocycles. The van der Waals surface area contributed by atoms with Crippen LogP contribution in [-0.4, -0.2) is 124 Å². The minimum Gasteiger partial charge on any atom is -0.356 e. The molecule has 0 saturated carbocycles. The van der Waals surface area contributed by atoms with E-state index in [1.165, 1.54) is 16.7 Å². The molecule has 7 heterocycles. The van der Waals surface area contributed by atoms with Gasteiger partial charge in [-0.15, -0.1) is 0 Å². The first kappa shape index (κ1) is 37.2. The van der Waals surface area contributed by atoms with Crippen LogP contribution in [0.5, 0.6) is 0 Å². The van der Waals surface area contributed by atoms with E-state index in [1.54, 1.807) is 11.1 Å². The van der Waals surface area contributed by atoms with Gasteiger partial charge in [0.2, 0.25) is 11.8 Å². The number of hydrogen-bond donors (Lipinski definition) is 2. The van der Waals surface area contributed by atoms with Crippen molar-refractivity contribution in [2.24, 2.45) is 5.92 Å². The molecule has 4 fully saturated rings. The van der Waals surface area contributed by atoms with E-state index in [0.717, 1.165) is 95.4 Å². The monoisotopic (exact) mass is 774 g/mol. The van der Waals surface area contributed by atoms with Crippen molar-refractivity contribution in [3.63, 3.8) is 0 Å². The molecule has 0 bridgehead atoms. The van der Waals surface area contributed by atoms with E-state index in [-0.39, 0.29) is 29.6 Å². The maximum absolute atomic E-state index is 12.7. The Hall–Kier alpha value is -5.41. The van der Waals surface area contributed by atoms with E-state index in [0.29, 0.717) is 54.3 Å². The molecule has 4 amide bonds. The summed E-state index contributed by atoms with van der Waals surface area (Å²) in [7, 11) is 1.85. The SMILES string of the molecule is CCC(Cc1ccc2c(C3CCC(=O)NC3=O)noc2c1)CN1CC(N2Cc3ccc(Nc4nc(N5CCCC(N6CCN(C)C6=O)C5)cnc4C=O)cc3C2)C1. The van der Waals surface area contributed by atoms with Crippen molar-refractivity contribution in [2.45, 2.75) is 76.5 Å². The van der Waals surface area contributed by atoms with E-state index in [4.69, 9.17) is 9.51 Å². The third-order valence-corrected chi connectivity index (χ3v) is 12.7. The molecule has 0 radical (unpaired) electrons. The van der Waals surface area contributed by atoms with Gasteiger partial charge in [0.25, 0.3) is 0 Å². The zero-order valence-electron chi connectivity index (χ0n) is 32.7. The number of likely N-dealkylation sites (N-methyl/N-ethyl adjacent to an activating group) is 1. The largest absolute Gasteiger partial charge is 0.356 e. The Morgan fingerprint density at radius 2 is 1.86 bits per heavy atom. The molecule has 0 spiro atoms. The minimum absolute atomic E-state index is 0.0852. The molecule has 5 aliphatic heterocycles. The number of hydrogen-bond acceptors (Lipinski definition) is 12. The van der Waals surface area contributed by atoms with Gasteiger partial charge in [-0.1, -0.05) is 30.6 Å². The van der Waals surface area contributed by atoms with Crippen molar-refractivity contribution in [1.29, 1.82) is 0 Å². The van der Waals surface area contributed by atoms with Crippen LogP contribution in [0.15, 0.2) is 47.1 Å². The molecular weight excluding hydrogens is 725 g/mol. The average Bonchev–Trinajstić information content (AvgIpc) is 3.91. The van der Waals surface area contributed by atoms with Crippen molar-refractivity contribution < 1.29 is 23.7 Å². The summed E-state index contributed by atoms with van der Waals surface area (Å²) in [4.78, 5) is 69.2. The van der Waals surface area contributed by atoms with Crippen molar-refractivity contribution in [3.05, 3.63) is 70.7 Å². The smallest absolute Gasteiger partial charge is 0.320 e. The summed E-state index contributed by atoms with van der Waals surface area (Å²) in [6.07, 6.45) is 7.08. The van der Waals surface area contributed by atoms with Crippen LogP contribution in [0.3, 0.4) is 0 Å². The maximum atomic E-state index is 12.7. The van der Waals surface area contributed by atoms with Crippen LogP contribution in [0, 0.1) is 5.92 Å². The molecule has 15 heteroatoms. The molecule has 298 valence electrons. The number of carbonyl (C=O) groups is 4. The van der Waals surface area contributed by atoms with Crippen molar-refractivity contribution >= 4 is 52.4 Å². The van der Waals surface area contributed by atoms with Gasteiger partial charge in [0, 0.05) is 89.5 Å². The number of imide groups is 1. The first-order chi connectivity index (χ1) is 27.7. The number of aromatic nitrogens is 3. The first-order valence-electron chi connectivity index (χ1n) is 20.4. The molecule has 15 nitrogen and oxygen atoms in total. The van der Waals surface area contributed by atoms with Crippen LogP contribution in [0.2, 0.25) is 0 Å². The van der Waals surface area contributed by atoms with E-state index in [9.17, 15) is 19.2 Å². The Morgan fingerprint density at radius 3 is 2.65 bits per heavy atom. The summed E-state index contributed by atoms with van der Waals surface area (Å²) < 4.78 is 5.68. The fraction of sp³-hybridized carbons (Fsp3) is 0.500. The number of urea groups is 1. The molecule has 5 aliphatic rings. The number of nitrogens with one attached hydrogen (secondary N) is 2. The number of anilines is 3. The molecule has 57 heavy (non-hydrogen) atoms. The molecule has 2 aromatic carbocycles. The summed E-state index contributed by atoms with van der Waals surface area (Å²) in [5.74, 6) is 0.630. The summed E-state index contributed by atoms with van der Waals surface area (Å²) in [6, 6.07) is 13.3. The summed E-state index contributed by atoms with van der Waals surface area (Å²) in [5, 5.41) is 10.9. The van der Waals surface area contributed by atoms with Crippen LogP contribution in [0.1, 0.15) is 77.8 Å². The number of likely N-dealkylation sites (tertiary alicyclic amines) is 1. The number of carbonyl (C=O) groups excluding carboxylic acids is 4. The van der Waals surface area contributed by atoms with E-state index >= 15 is 0 Å². The Morgan fingerprint density at radius 1 is 1.00 bits per heavy atom. The van der Waals surface area contributed by atoms with Gasteiger partial charge in [0.15, 0.2) is 17.7 Å². The number of piperidine rings is 2. The van der Waals surface area contributed by atoms with Crippen LogP contribution < -0.4 is 15.5 Å². The van der Waals surface area contributed by atoms with E-state index < -0.39 is 5.92 Å². The van der Waals surface area contributed by atoms with E-state index in [1.807, 2.05) is 18.0 Å². The summed E-state index contributed by atoms with van der Waals surface area (Å²) in [6.45, 7) is 10.2. The predicted octanol–water partition coefficient (Wildman–Crippen LogP) is 4.30. The number of aldehydes is 1. The fourth-order valence-corrected chi connectivity index (χ4v) is 9.33. The number of fused-ring (bicyclic) bond motifs is 2. The highest BCUT2D eigenvalue weighted by Crippen LogP contribution is 2.34. The number of rotatable bonds is 12. The normalized spacial score (nSPS) is 22.6. The highest BCUT2D eigenvalue weighted by atomic mass is 16.5. The quantitative estimate of drug-likeness (QED) is 0.156. The number of amides is 4. The Kier molecular flexibility index (Phi) is 10.1. The van der Waals surface area contributed by atoms with Crippen LogP contribution in [-0.2, 0) is 29.1 Å². The highest BCUT2D eigenvalue weighted by molar-refractivity contribution is 6.02. The van der Waals surface area contributed by atoms with Gasteiger partial charge >= 0.3 is 6.03 Å². The highest BCUT2D eigenvalue weighted by Gasteiger charge is 2.37. The molecule has 3 atom stereocenters. The molecule has 0 aliphatic carbocycles. The molecular formula is C42H50N10O5. The lowest BCUT2D eigenvalue weighted by Crippen LogP contribution is -2.58. The van der Waals surface area contributed by atoms with Gasteiger partial charge in [-0.25, -0.2) is 14.8 Å². The van der Waals surface area contributed by atoms with Crippen molar-refractivity contribution in [1.82, 2.24) is 40.0 Å². The van der Waals surface area contributed by atoms with E-state index in [2.05, 4.69) is 72.7 Å². The predicted molar refractivity (Wildman–Crippen MR) is 213 cm³/mol. The molecule has 3 unspecified atom stereocenters. The van der Waals surface area contributed by atoms with Gasteiger partial charge in [-0.3, -0.25) is 29.5 Å². The second-order valence-electron chi connectivity index (χ2n) is 16.5. The van der Waals surface area contributed by atoms with Crippen LogP contribution in [0.25, 0.3) is 11.0 Å². The first-order valence-corrected chi connectivity index (χ1v) is 20.4. The van der Waals surface area contributed by atoms with Gasteiger partial charge < -0.3 is 24.5 Å². The Bertz CT molecular complexity index is 2200. The molecule has 9 rings (SSSR count).